The topological polar surface area (TPSA) is 52.1 Å². The largest absolute Gasteiger partial charge is 0.501 e. The van der Waals surface area contributed by atoms with Gasteiger partial charge in [-0.1, -0.05) is 0 Å². The van der Waals surface area contributed by atoms with Gasteiger partial charge < -0.3 is 4.74 Å². The molecule has 0 N–H and O–H groups in total. The minimum absolute atomic E-state index is 0.0160. The van der Waals surface area contributed by atoms with E-state index < -0.39 is 0 Å². The van der Waals surface area contributed by atoms with E-state index in [9.17, 15) is 4.79 Å². The second-order valence-corrected chi connectivity index (χ2v) is 4.21. The van der Waals surface area contributed by atoms with Crippen molar-refractivity contribution < 1.29 is 9.53 Å². The van der Waals surface area contributed by atoms with E-state index in [0.717, 1.165) is 29.4 Å². The highest BCUT2D eigenvalue weighted by molar-refractivity contribution is 6.09. The summed E-state index contributed by atoms with van der Waals surface area (Å²) >= 11 is 0. The molecule has 2 heterocycles. The van der Waals surface area contributed by atoms with Crippen molar-refractivity contribution >= 4 is 16.8 Å². The number of carbonyl (C=O) groups excluding carboxylic acids is 1. The monoisotopic (exact) mass is 240 g/mol. The number of benzene rings is 1. The van der Waals surface area contributed by atoms with Gasteiger partial charge in [0.2, 0.25) is 0 Å². The van der Waals surface area contributed by atoms with E-state index in [-0.39, 0.29) is 5.78 Å². The Kier molecular flexibility index (Phi) is 2.76. The number of hydrogen-bond donors (Lipinski definition) is 0. The molecule has 0 fully saturated rings. The zero-order chi connectivity index (χ0) is 12.4. The van der Waals surface area contributed by atoms with Crippen LogP contribution in [0, 0.1) is 0 Å². The molecule has 3 rings (SSSR count). The third-order valence-electron chi connectivity index (χ3n) is 2.96. The molecule has 1 aliphatic heterocycles. The second kappa shape index (κ2) is 4.56. The average molecular weight is 240 g/mol. The lowest BCUT2D eigenvalue weighted by Crippen LogP contribution is -2.09. The highest BCUT2D eigenvalue weighted by Gasteiger charge is 2.15. The second-order valence-electron chi connectivity index (χ2n) is 4.21. The van der Waals surface area contributed by atoms with Gasteiger partial charge in [-0.05, 0) is 31.0 Å². The highest BCUT2D eigenvalue weighted by Crippen LogP contribution is 2.19. The summed E-state index contributed by atoms with van der Waals surface area (Å²) < 4.78 is 5.20. The summed E-state index contributed by atoms with van der Waals surface area (Å²) in [4.78, 5) is 20.6. The van der Waals surface area contributed by atoms with Gasteiger partial charge in [0.1, 0.15) is 0 Å². The number of nitrogens with zero attached hydrogens (tertiary/aromatic N) is 2. The first-order valence-electron chi connectivity index (χ1n) is 5.91. The van der Waals surface area contributed by atoms with Gasteiger partial charge in [-0.25, -0.2) is 0 Å². The van der Waals surface area contributed by atoms with Crippen LogP contribution in [-0.2, 0) is 4.74 Å². The third-order valence-corrected chi connectivity index (χ3v) is 2.96. The van der Waals surface area contributed by atoms with Crippen molar-refractivity contribution in [3.05, 3.63) is 48.0 Å². The van der Waals surface area contributed by atoms with Crippen LogP contribution in [0.15, 0.2) is 42.4 Å². The molecule has 0 amide bonds. The van der Waals surface area contributed by atoms with Gasteiger partial charge in [0, 0.05) is 23.5 Å². The average Bonchev–Trinajstić information content (AvgIpc) is 2.47. The van der Waals surface area contributed by atoms with E-state index in [1.54, 1.807) is 30.8 Å². The molecule has 0 saturated heterocycles. The van der Waals surface area contributed by atoms with Crippen LogP contribution in [0.3, 0.4) is 0 Å². The number of carbonyl (C=O) groups is 1. The van der Waals surface area contributed by atoms with Crippen LogP contribution in [0.25, 0.3) is 11.0 Å². The number of rotatable bonds is 2. The molecule has 2 aromatic rings. The third kappa shape index (κ3) is 1.97. The molecule has 90 valence electrons. The molecule has 0 atom stereocenters. The molecule has 1 aliphatic rings. The lowest BCUT2D eigenvalue weighted by Gasteiger charge is -2.12. The van der Waals surface area contributed by atoms with Gasteiger partial charge >= 0.3 is 0 Å². The Labute approximate surface area is 104 Å². The maximum atomic E-state index is 12.2. The standard InChI is InChI=1S/C14H12N2O2/c17-14(11-2-1-7-18-9-11)10-3-4-12-13(8-10)16-6-5-15-12/h3-6,8-9H,1-2,7H2. The fourth-order valence-corrected chi connectivity index (χ4v) is 2.02. The van der Waals surface area contributed by atoms with E-state index in [1.807, 2.05) is 6.07 Å². The van der Waals surface area contributed by atoms with Crippen LogP contribution >= 0.6 is 0 Å². The number of ether oxygens (including phenoxy) is 1. The number of allylic oxidation sites excluding steroid dienone is 1. The molecule has 1 aromatic carbocycles. The minimum Gasteiger partial charge on any atom is -0.501 e. The van der Waals surface area contributed by atoms with Crippen LogP contribution < -0.4 is 0 Å². The Morgan fingerprint density at radius 3 is 2.78 bits per heavy atom. The van der Waals surface area contributed by atoms with Crippen molar-refractivity contribution in [3.8, 4) is 0 Å². The maximum Gasteiger partial charge on any atom is 0.192 e. The van der Waals surface area contributed by atoms with Crippen LogP contribution in [0.2, 0.25) is 0 Å². The minimum atomic E-state index is 0.0160. The summed E-state index contributed by atoms with van der Waals surface area (Å²) in [6.45, 7) is 0.694. The molecular weight excluding hydrogens is 228 g/mol. The van der Waals surface area contributed by atoms with Gasteiger partial charge in [-0.3, -0.25) is 14.8 Å². The summed E-state index contributed by atoms with van der Waals surface area (Å²) in [5.74, 6) is 0.0160. The summed E-state index contributed by atoms with van der Waals surface area (Å²) in [6, 6.07) is 5.38. The van der Waals surface area contributed by atoms with E-state index in [0.29, 0.717) is 12.2 Å². The zero-order valence-corrected chi connectivity index (χ0v) is 9.80. The molecule has 0 unspecified atom stereocenters. The molecule has 18 heavy (non-hydrogen) atoms. The molecule has 0 radical (unpaired) electrons. The van der Waals surface area contributed by atoms with Crippen LogP contribution in [-0.4, -0.2) is 22.4 Å². The first-order chi connectivity index (χ1) is 8.84. The molecule has 4 heteroatoms. The molecule has 0 saturated carbocycles. The number of ketones is 1. The maximum absolute atomic E-state index is 12.2. The van der Waals surface area contributed by atoms with Crippen LogP contribution in [0.1, 0.15) is 23.2 Å². The van der Waals surface area contributed by atoms with Gasteiger partial charge in [-0.15, -0.1) is 0 Å². The van der Waals surface area contributed by atoms with Gasteiger partial charge in [0.05, 0.1) is 23.9 Å². The van der Waals surface area contributed by atoms with E-state index in [4.69, 9.17) is 4.74 Å². The molecule has 1 aromatic heterocycles. The SMILES string of the molecule is O=C(C1=COCCC1)c1ccc2nccnc2c1. The fourth-order valence-electron chi connectivity index (χ4n) is 2.02. The van der Waals surface area contributed by atoms with Crippen molar-refractivity contribution in [1.29, 1.82) is 0 Å². The summed E-state index contributed by atoms with van der Waals surface area (Å²) in [6.07, 6.45) is 6.51. The normalized spacial score (nSPS) is 15.0. The quantitative estimate of drug-likeness (QED) is 0.757. The van der Waals surface area contributed by atoms with E-state index in [1.165, 1.54) is 0 Å². The fraction of sp³-hybridized carbons (Fsp3) is 0.214. The smallest absolute Gasteiger partial charge is 0.192 e. The Morgan fingerprint density at radius 1 is 1.17 bits per heavy atom. The lowest BCUT2D eigenvalue weighted by molar-refractivity contribution is 0.101. The zero-order valence-electron chi connectivity index (χ0n) is 9.80. The predicted octanol–water partition coefficient (Wildman–Crippen LogP) is 2.51. The van der Waals surface area contributed by atoms with E-state index in [2.05, 4.69) is 9.97 Å². The lowest BCUT2D eigenvalue weighted by atomic mass is 9.99. The van der Waals surface area contributed by atoms with Crippen molar-refractivity contribution in [2.24, 2.45) is 0 Å². The Balaban J connectivity index is 1.98. The Morgan fingerprint density at radius 2 is 2.00 bits per heavy atom. The summed E-state index contributed by atoms with van der Waals surface area (Å²) in [7, 11) is 0. The molecule has 0 spiro atoms. The van der Waals surface area contributed by atoms with Crippen LogP contribution in [0.5, 0.6) is 0 Å². The molecule has 4 nitrogen and oxygen atoms in total. The number of aromatic nitrogens is 2. The Bertz CT molecular complexity index is 634. The van der Waals surface area contributed by atoms with Gasteiger partial charge in [0.25, 0.3) is 0 Å². The highest BCUT2D eigenvalue weighted by atomic mass is 16.5. The van der Waals surface area contributed by atoms with Gasteiger partial charge in [0.15, 0.2) is 5.78 Å². The van der Waals surface area contributed by atoms with Gasteiger partial charge in [-0.2, -0.15) is 0 Å². The Hall–Kier alpha value is -2.23. The van der Waals surface area contributed by atoms with Crippen molar-refractivity contribution in [3.63, 3.8) is 0 Å². The summed E-state index contributed by atoms with van der Waals surface area (Å²) in [5, 5.41) is 0. The van der Waals surface area contributed by atoms with Crippen molar-refractivity contribution in [2.75, 3.05) is 6.61 Å². The number of hydrogen-bond acceptors (Lipinski definition) is 4. The predicted molar refractivity (Wildman–Crippen MR) is 67.1 cm³/mol. The summed E-state index contributed by atoms with van der Waals surface area (Å²) in [5.41, 5.74) is 2.90. The number of fused-ring (bicyclic) bond motifs is 1. The first-order valence-corrected chi connectivity index (χ1v) is 5.91. The molecular formula is C14H12N2O2. The molecule has 0 bridgehead atoms. The number of Topliss-reactive ketones (excluding diaryl/α,β-unsaturated/α-hetero) is 1. The first kappa shape index (κ1) is 10.9. The van der Waals surface area contributed by atoms with Crippen molar-refractivity contribution in [1.82, 2.24) is 9.97 Å². The van der Waals surface area contributed by atoms with E-state index >= 15 is 0 Å². The molecule has 0 aliphatic carbocycles. The van der Waals surface area contributed by atoms with Crippen LogP contribution in [0.4, 0.5) is 0 Å². The van der Waals surface area contributed by atoms with Crippen molar-refractivity contribution in [2.45, 2.75) is 12.8 Å².